The van der Waals surface area contributed by atoms with Crippen molar-refractivity contribution in [3.05, 3.63) is 65.7 Å². The molecule has 0 radical (unpaired) electrons. The molecule has 1 saturated carbocycles. The number of nitrogens with one attached hydrogen (secondary N) is 2. The molecule has 2 atom stereocenters. The molecule has 31 heavy (non-hydrogen) atoms. The summed E-state index contributed by atoms with van der Waals surface area (Å²) < 4.78 is 41.3. The van der Waals surface area contributed by atoms with Gasteiger partial charge in [-0.05, 0) is 68.2 Å². The van der Waals surface area contributed by atoms with Crippen molar-refractivity contribution in [3.63, 3.8) is 0 Å². The van der Waals surface area contributed by atoms with Gasteiger partial charge in [0.1, 0.15) is 0 Å². The first-order valence-corrected chi connectivity index (χ1v) is 12.4. The Morgan fingerprint density at radius 3 is 2.48 bits per heavy atom. The van der Waals surface area contributed by atoms with E-state index in [1.54, 1.807) is 19.1 Å². The van der Waals surface area contributed by atoms with Crippen molar-refractivity contribution in [3.8, 4) is 0 Å². The van der Waals surface area contributed by atoms with E-state index >= 15 is 4.39 Å². The lowest BCUT2D eigenvalue weighted by molar-refractivity contribution is -0.123. The molecule has 4 rings (SSSR count). The number of aryl methyl sites for hydroxylation is 1. The number of carbonyl (C=O) groups is 1. The topological polar surface area (TPSA) is 75.3 Å². The Bertz CT molecular complexity index is 1030. The molecule has 0 bridgehead atoms. The monoisotopic (exact) mass is 444 g/mol. The third-order valence-electron chi connectivity index (χ3n) is 6.58. The van der Waals surface area contributed by atoms with Gasteiger partial charge < -0.3 is 10.6 Å². The lowest BCUT2D eigenvalue weighted by Gasteiger charge is -2.34. The lowest BCUT2D eigenvalue weighted by Crippen LogP contribution is -2.49. The van der Waals surface area contributed by atoms with E-state index in [2.05, 4.69) is 22.8 Å². The van der Waals surface area contributed by atoms with E-state index in [-0.39, 0.29) is 35.7 Å². The number of alkyl halides is 1. The smallest absolute Gasteiger partial charge is 0.237 e. The van der Waals surface area contributed by atoms with E-state index in [1.165, 1.54) is 17.7 Å². The predicted octanol–water partition coefficient (Wildman–Crippen LogP) is 3.64. The van der Waals surface area contributed by atoms with E-state index in [0.29, 0.717) is 18.8 Å². The quantitative estimate of drug-likeness (QED) is 0.738. The van der Waals surface area contributed by atoms with Crippen LogP contribution in [0.15, 0.2) is 59.5 Å². The Labute approximate surface area is 183 Å². The molecule has 0 spiro atoms. The van der Waals surface area contributed by atoms with E-state index in [9.17, 15) is 13.2 Å². The van der Waals surface area contributed by atoms with Gasteiger partial charge in [-0.15, -0.1) is 0 Å². The zero-order chi connectivity index (χ0) is 22.1. The van der Waals surface area contributed by atoms with Crippen LogP contribution in [0.25, 0.3) is 0 Å². The third kappa shape index (κ3) is 4.53. The van der Waals surface area contributed by atoms with Crippen LogP contribution in [0.2, 0.25) is 0 Å². The number of hydrogen-bond donors (Lipinski definition) is 2. The molecule has 7 heteroatoms. The van der Waals surface area contributed by atoms with Crippen LogP contribution in [0, 0.1) is 6.92 Å². The molecule has 1 aliphatic carbocycles. The van der Waals surface area contributed by atoms with E-state index in [0.717, 1.165) is 18.5 Å². The van der Waals surface area contributed by atoms with Crippen LogP contribution >= 0.6 is 0 Å². The molecular weight excluding hydrogens is 415 g/mol. The van der Waals surface area contributed by atoms with Crippen molar-refractivity contribution in [2.24, 2.45) is 0 Å². The van der Waals surface area contributed by atoms with Crippen LogP contribution in [0.4, 0.5) is 4.39 Å². The minimum absolute atomic E-state index is 0.0274. The molecule has 1 aliphatic heterocycles. The second-order valence-corrected chi connectivity index (χ2v) is 11.0. The number of amides is 1. The summed E-state index contributed by atoms with van der Waals surface area (Å²) in [5.74, 6) is 0.206. The first-order valence-electron chi connectivity index (χ1n) is 10.9. The van der Waals surface area contributed by atoms with Gasteiger partial charge in [-0.2, -0.15) is 0 Å². The summed E-state index contributed by atoms with van der Waals surface area (Å²) in [6, 6.07) is 16.0. The van der Waals surface area contributed by atoms with Gasteiger partial charge >= 0.3 is 0 Å². The van der Waals surface area contributed by atoms with Crippen molar-refractivity contribution in [1.29, 1.82) is 0 Å². The SMILES string of the molecule is Cc1cccc(S(=O)(=O)C2(F)CCC(NC(=O)[C@@H]3C[C@H](c4ccccc4)CN3)CC2)c1. The second-order valence-electron chi connectivity index (χ2n) is 8.79. The molecule has 5 nitrogen and oxygen atoms in total. The maximum absolute atomic E-state index is 15.5. The number of sulfone groups is 1. The summed E-state index contributed by atoms with van der Waals surface area (Å²) in [6.45, 7) is 2.53. The van der Waals surface area contributed by atoms with Gasteiger partial charge in [-0.1, -0.05) is 42.5 Å². The molecule has 1 heterocycles. The minimum Gasteiger partial charge on any atom is -0.352 e. The fourth-order valence-corrected chi connectivity index (χ4v) is 6.47. The fourth-order valence-electron chi connectivity index (χ4n) is 4.67. The summed E-state index contributed by atoms with van der Waals surface area (Å²) in [5.41, 5.74) is 2.00. The van der Waals surface area contributed by atoms with Crippen LogP contribution in [0.3, 0.4) is 0 Å². The van der Waals surface area contributed by atoms with Crippen LogP contribution in [0.1, 0.15) is 49.1 Å². The first kappa shape index (κ1) is 22.0. The summed E-state index contributed by atoms with van der Waals surface area (Å²) in [6.07, 6.45) is 1.11. The van der Waals surface area contributed by atoms with Gasteiger partial charge in [0.15, 0.2) is 0 Å². The molecule has 1 saturated heterocycles. The Kier molecular flexibility index (Phi) is 6.17. The number of rotatable bonds is 5. The Morgan fingerprint density at radius 2 is 1.81 bits per heavy atom. The second kappa shape index (κ2) is 8.71. The largest absolute Gasteiger partial charge is 0.352 e. The number of benzene rings is 2. The summed E-state index contributed by atoms with van der Waals surface area (Å²) in [5, 5.41) is 4.00. The summed E-state index contributed by atoms with van der Waals surface area (Å²) in [7, 11) is -4.08. The minimum atomic E-state index is -4.08. The average Bonchev–Trinajstić information content (AvgIpc) is 3.26. The molecule has 2 fully saturated rings. The van der Waals surface area contributed by atoms with Gasteiger partial charge in [0.2, 0.25) is 20.7 Å². The number of carbonyl (C=O) groups excluding carboxylic acids is 1. The van der Waals surface area contributed by atoms with Crippen LogP contribution in [0.5, 0.6) is 0 Å². The predicted molar refractivity (Wildman–Crippen MR) is 118 cm³/mol. The zero-order valence-electron chi connectivity index (χ0n) is 17.7. The first-order chi connectivity index (χ1) is 14.8. The molecule has 0 aromatic heterocycles. The molecular formula is C24H29FN2O3S. The molecule has 2 aliphatic rings. The van der Waals surface area contributed by atoms with E-state index in [4.69, 9.17) is 0 Å². The van der Waals surface area contributed by atoms with Gasteiger partial charge in [-0.3, -0.25) is 4.79 Å². The summed E-state index contributed by atoms with van der Waals surface area (Å²) >= 11 is 0. The van der Waals surface area contributed by atoms with E-state index in [1.807, 2.05) is 18.2 Å². The van der Waals surface area contributed by atoms with Crippen LogP contribution < -0.4 is 10.6 Å². The van der Waals surface area contributed by atoms with Crippen molar-refractivity contribution < 1.29 is 17.6 Å². The normalized spacial score (nSPS) is 28.9. The van der Waals surface area contributed by atoms with Gasteiger partial charge in [0.25, 0.3) is 0 Å². The Morgan fingerprint density at radius 1 is 1.10 bits per heavy atom. The van der Waals surface area contributed by atoms with Crippen LogP contribution in [-0.2, 0) is 14.6 Å². The van der Waals surface area contributed by atoms with Gasteiger partial charge in [0, 0.05) is 12.6 Å². The highest BCUT2D eigenvalue weighted by atomic mass is 32.2. The standard InChI is InChI=1S/C24H29FN2O3S/c1-17-6-5-9-21(14-17)31(29,30)24(25)12-10-20(11-13-24)27-23(28)22-15-19(16-26-22)18-7-3-2-4-8-18/h2-9,14,19-20,22,26H,10-13,15-16H2,1H3,(H,27,28)/t19-,20?,22-,24?/m0/s1. The van der Waals surface area contributed by atoms with Gasteiger partial charge in [0.05, 0.1) is 10.9 Å². The maximum atomic E-state index is 15.5. The van der Waals surface area contributed by atoms with Crippen molar-refractivity contribution in [2.45, 2.75) is 66.9 Å². The zero-order valence-corrected chi connectivity index (χ0v) is 18.5. The lowest BCUT2D eigenvalue weighted by atomic mass is 9.92. The van der Waals surface area contributed by atoms with Crippen molar-refractivity contribution >= 4 is 15.7 Å². The van der Waals surface area contributed by atoms with Gasteiger partial charge in [-0.25, -0.2) is 12.8 Å². The fraction of sp³-hybridized carbons (Fsp3) is 0.458. The van der Waals surface area contributed by atoms with Crippen LogP contribution in [-0.4, -0.2) is 38.0 Å². The van der Waals surface area contributed by atoms with Crippen molar-refractivity contribution in [1.82, 2.24) is 10.6 Å². The third-order valence-corrected chi connectivity index (χ3v) is 8.82. The molecule has 2 N–H and O–H groups in total. The maximum Gasteiger partial charge on any atom is 0.237 e. The number of halogens is 1. The highest BCUT2D eigenvalue weighted by molar-refractivity contribution is 7.92. The summed E-state index contributed by atoms with van der Waals surface area (Å²) in [4.78, 5) is 12.7. The Hall–Kier alpha value is -2.25. The molecule has 2 aromatic carbocycles. The van der Waals surface area contributed by atoms with E-state index < -0.39 is 14.8 Å². The van der Waals surface area contributed by atoms with Crippen molar-refractivity contribution in [2.75, 3.05) is 6.54 Å². The highest BCUT2D eigenvalue weighted by Gasteiger charge is 2.48. The highest BCUT2D eigenvalue weighted by Crippen LogP contribution is 2.40. The molecule has 2 aromatic rings. The molecule has 0 unspecified atom stereocenters. The number of hydrogen-bond acceptors (Lipinski definition) is 4. The average molecular weight is 445 g/mol. The molecule has 166 valence electrons. The Balaban J connectivity index is 1.33. The molecule has 1 amide bonds.